The van der Waals surface area contributed by atoms with Gasteiger partial charge >= 0.3 is 0 Å². The number of aryl methyl sites for hydroxylation is 1. The van der Waals surface area contributed by atoms with Crippen LogP contribution in [0.3, 0.4) is 0 Å². The van der Waals surface area contributed by atoms with E-state index in [1.807, 2.05) is 6.92 Å². The molecule has 2 fully saturated rings. The van der Waals surface area contributed by atoms with E-state index in [9.17, 15) is 4.79 Å². The van der Waals surface area contributed by atoms with Gasteiger partial charge in [0.05, 0.1) is 6.54 Å². The molecule has 22 heavy (non-hydrogen) atoms. The van der Waals surface area contributed by atoms with Crippen molar-refractivity contribution in [3.05, 3.63) is 11.8 Å². The maximum Gasteiger partial charge on any atom is 0.239 e. The number of piperidine rings is 2. The van der Waals surface area contributed by atoms with Crippen molar-refractivity contribution in [3.8, 4) is 0 Å². The van der Waals surface area contributed by atoms with E-state index in [1.54, 1.807) is 6.07 Å². The maximum absolute atomic E-state index is 12.0. The van der Waals surface area contributed by atoms with Crippen LogP contribution in [0.1, 0.15) is 37.9 Å². The third-order valence-electron chi connectivity index (χ3n) is 4.73. The van der Waals surface area contributed by atoms with E-state index in [0.717, 1.165) is 19.1 Å². The Morgan fingerprint density at radius 3 is 2.64 bits per heavy atom. The summed E-state index contributed by atoms with van der Waals surface area (Å²) < 4.78 is 4.95. The van der Waals surface area contributed by atoms with Crippen molar-refractivity contribution in [3.63, 3.8) is 0 Å². The number of carbonyl (C=O) groups is 1. The number of aromatic nitrogens is 1. The Balaban J connectivity index is 1.40. The molecule has 0 unspecified atom stereocenters. The van der Waals surface area contributed by atoms with Gasteiger partial charge in [-0.05, 0) is 45.7 Å². The Morgan fingerprint density at radius 1 is 1.27 bits per heavy atom. The fraction of sp³-hybridized carbons (Fsp3) is 0.750. The molecular weight excluding hydrogens is 280 g/mol. The molecule has 0 radical (unpaired) electrons. The molecule has 1 aromatic heterocycles. The molecule has 1 aromatic rings. The summed E-state index contributed by atoms with van der Waals surface area (Å²) in [6, 6.07) is 2.46. The van der Waals surface area contributed by atoms with Crippen LogP contribution in [-0.2, 0) is 4.79 Å². The molecule has 0 atom stereocenters. The van der Waals surface area contributed by atoms with Gasteiger partial charge in [-0.1, -0.05) is 11.6 Å². The quantitative estimate of drug-likeness (QED) is 0.920. The van der Waals surface area contributed by atoms with E-state index in [1.165, 1.54) is 45.2 Å². The van der Waals surface area contributed by atoms with Gasteiger partial charge in [-0.25, -0.2) is 0 Å². The van der Waals surface area contributed by atoms with Crippen LogP contribution in [0, 0.1) is 6.92 Å². The lowest BCUT2D eigenvalue weighted by molar-refractivity contribution is -0.117. The van der Waals surface area contributed by atoms with E-state index >= 15 is 0 Å². The molecule has 6 heteroatoms. The summed E-state index contributed by atoms with van der Waals surface area (Å²) in [6.45, 7) is 6.79. The maximum atomic E-state index is 12.0. The minimum absolute atomic E-state index is 0.00952. The average Bonchev–Trinajstić information content (AvgIpc) is 2.94. The Hall–Kier alpha value is -1.40. The summed E-state index contributed by atoms with van der Waals surface area (Å²) in [5.74, 6) is 1.20. The van der Waals surface area contributed by atoms with Gasteiger partial charge in [0.25, 0.3) is 0 Å². The second-order valence-electron chi connectivity index (χ2n) is 6.47. The fourth-order valence-corrected chi connectivity index (χ4v) is 3.54. The minimum Gasteiger partial charge on any atom is -0.360 e. The normalized spacial score (nSPS) is 21.9. The Labute approximate surface area is 131 Å². The van der Waals surface area contributed by atoms with Gasteiger partial charge in [-0.15, -0.1) is 0 Å². The highest BCUT2D eigenvalue weighted by Crippen LogP contribution is 2.20. The zero-order chi connectivity index (χ0) is 15.4. The van der Waals surface area contributed by atoms with Gasteiger partial charge in [-0.2, -0.15) is 0 Å². The highest BCUT2D eigenvalue weighted by molar-refractivity contribution is 5.91. The lowest BCUT2D eigenvalue weighted by atomic mass is 10.00. The third kappa shape index (κ3) is 4.08. The van der Waals surface area contributed by atoms with Crippen molar-refractivity contribution in [2.75, 3.05) is 38.0 Å². The average molecular weight is 306 g/mol. The first-order valence-corrected chi connectivity index (χ1v) is 8.40. The molecule has 2 aliphatic rings. The molecule has 0 spiro atoms. The Kier molecular flexibility index (Phi) is 5.10. The van der Waals surface area contributed by atoms with Crippen molar-refractivity contribution in [2.24, 2.45) is 0 Å². The van der Waals surface area contributed by atoms with Crippen LogP contribution < -0.4 is 5.32 Å². The van der Waals surface area contributed by atoms with Crippen molar-refractivity contribution >= 4 is 11.7 Å². The number of rotatable bonds is 4. The summed E-state index contributed by atoms with van der Waals surface area (Å²) in [6.07, 6.45) is 6.43. The van der Waals surface area contributed by atoms with E-state index in [-0.39, 0.29) is 5.91 Å². The molecule has 1 N–H and O–H groups in total. The van der Waals surface area contributed by atoms with Crippen LogP contribution >= 0.6 is 0 Å². The molecule has 2 aliphatic heterocycles. The molecule has 3 heterocycles. The van der Waals surface area contributed by atoms with Crippen LogP contribution in [0.15, 0.2) is 10.6 Å². The van der Waals surface area contributed by atoms with Crippen LogP contribution in [0.25, 0.3) is 0 Å². The first-order chi connectivity index (χ1) is 10.7. The van der Waals surface area contributed by atoms with E-state index in [4.69, 9.17) is 4.52 Å². The number of hydrogen-bond donors (Lipinski definition) is 1. The molecule has 2 saturated heterocycles. The zero-order valence-electron chi connectivity index (χ0n) is 13.4. The number of anilines is 1. The summed E-state index contributed by atoms with van der Waals surface area (Å²) in [4.78, 5) is 16.9. The number of hydrogen-bond acceptors (Lipinski definition) is 5. The summed E-state index contributed by atoms with van der Waals surface area (Å²) in [5.41, 5.74) is 0. The van der Waals surface area contributed by atoms with Gasteiger partial charge in [0.2, 0.25) is 5.91 Å². The van der Waals surface area contributed by atoms with Crippen LogP contribution in [0.5, 0.6) is 0 Å². The highest BCUT2D eigenvalue weighted by Gasteiger charge is 2.26. The predicted molar refractivity (Wildman–Crippen MR) is 84.8 cm³/mol. The second kappa shape index (κ2) is 7.24. The Bertz CT molecular complexity index is 488. The van der Waals surface area contributed by atoms with E-state index in [0.29, 0.717) is 18.1 Å². The summed E-state index contributed by atoms with van der Waals surface area (Å²) in [5, 5.41) is 6.58. The Morgan fingerprint density at radius 2 is 2.00 bits per heavy atom. The molecule has 3 rings (SSSR count). The van der Waals surface area contributed by atoms with Crippen molar-refractivity contribution in [1.82, 2.24) is 15.0 Å². The van der Waals surface area contributed by atoms with Crippen molar-refractivity contribution < 1.29 is 9.32 Å². The SMILES string of the molecule is Cc1cc(NC(=O)CN2CCC(N3CCCCC3)CC2)no1. The number of carbonyl (C=O) groups excluding carboxylic acids is 1. The molecular formula is C16H26N4O2. The zero-order valence-corrected chi connectivity index (χ0v) is 13.4. The largest absolute Gasteiger partial charge is 0.360 e. The number of nitrogens with one attached hydrogen (secondary N) is 1. The molecule has 1 amide bonds. The summed E-state index contributed by atoms with van der Waals surface area (Å²) >= 11 is 0. The van der Waals surface area contributed by atoms with Gasteiger partial charge in [0, 0.05) is 25.2 Å². The highest BCUT2D eigenvalue weighted by atomic mass is 16.5. The van der Waals surface area contributed by atoms with E-state index in [2.05, 4.69) is 20.3 Å². The first kappa shape index (κ1) is 15.5. The molecule has 122 valence electrons. The second-order valence-corrected chi connectivity index (χ2v) is 6.47. The number of likely N-dealkylation sites (tertiary alicyclic amines) is 2. The van der Waals surface area contributed by atoms with Crippen molar-refractivity contribution in [1.29, 1.82) is 0 Å². The molecule has 0 saturated carbocycles. The molecule has 0 bridgehead atoms. The molecule has 0 aliphatic carbocycles. The molecule has 6 nitrogen and oxygen atoms in total. The van der Waals surface area contributed by atoms with Crippen molar-refractivity contribution in [2.45, 2.75) is 45.1 Å². The predicted octanol–water partition coefficient (Wildman–Crippen LogP) is 1.87. The monoisotopic (exact) mass is 306 g/mol. The molecule has 0 aromatic carbocycles. The van der Waals surface area contributed by atoms with Gasteiger partial charge in [0.1, 0.15) is 5.76 Å². The van der Waals surface area contributed by atoms with Gasteiger partial charge in [-0.3, -0.25) is 9.69 Å². The van der Waals surface area contributed by atoms with Gasteiger partial charge < -0.3 is 14.7 Å². The topological polar surface area (TPSA) is 61.6 Å². The van der Waals surface area contributed by atoms with Gasteiger partial charge in [0.15, 0.2) is 5.82 Å². The van der Waals surface area contributed by atoms with Crippen LogP contribution in [0.2, 0.25) is 0 Å². The minimum atomic E-state index is -0.00952. The van der Waals surface area contributed by atoms with Crippen LogP contribution in [-0.4, -0.2) is 59.6 Å². The number of nitrogens with zero attached hydrogens (tertiary/aromatic N) is 3. The number of amides is 1. The smallest absolute Gasteiger partial charge is 0.239 e. The third-order valence-corrected chi connectivity index (χ3v) is 4.73. The summed E-state index contributed by atoms with van der Waals surface area (Å²) in [7, 11) is 0. The standard InChI is InChI=1S/C16H26N4O2/c1-13-11-15(18-22-13)17-16(21)12-19-9-5-14(6-10-19)20-7-3-2-4-8-20/h11,14H,2-10,12H2,1H3,(H,17,18,21). The first-order valence-electron chi connectivity index (χ1n) is 8.40. The van der Waals surface area contributed by atoms with Crippen LogP contribution in [0.4, 0.5) is 5.82 Å². The lowest BCUT2D eigenvalue weighted by Crippen LogP contribution is -2.48. The lowest BCUT2D eigenvalue weighted by Gasteiger charge is -2.40. The van der Waals surface area contributed by atoms with E-state index < -0.39 is 0 Å². The fourth-order valence-electron chi connectivity index (χ4n) is 3.54.